The van der Waals surface area contributed by atoms with Crippen molar-refractivity contribution in [3.8, 4) is 5.75 Å². The fourth-order valence-corrected chi connectivity index (χ4v) is 4.55. The van der Waals surface area contributed by atoms with Crippen LogP contribution in [0.5, 0.6) is 5.75 Å². The molecule has 0 heterocycles. The van der Waals surface area contributed by atoms with Gasteiger partial charge in [-0.2, -0.15) is 0 Å². The van der Waals surface area contributed by atoms with Gasteiger partial charge in [0.05, 0.1) is 6.10 Å². The lowest BCUT2D eigenvalue weighted by molar-refractivity contribution is -0.125. The van der Waals surface area contributed by atoms with E-state index in [1.807, 2.05) is 19.1 Å². The molecule has 4 atom stereocenters. The smallest absolute Gasteiger partial charge is 0.222 e. The summed E-state index contributed by atoms with van der Waals surface area (Å²) in [6.45, 7) is 15.0. The molecular formula is C28H51ClN2O5S. The van der Waals surface area contributed by atoms with Crippen molar-refractivity contribution in [1.82, 2.24) is 5.32 Å². The standard InChI is InChI=1S/C28H50N2O5S.ClH/c1-9-10-13-30-27(32)20(4)14-25(31)24(29)17-22(19(2)3)15-21-11-12-23(28(5,6)7)26(16-21)35-18-36(8,33)34;/h11-12,16,19-20,22,24-25,31H,9-10,13-15,17-18,29H2,1-8H3,(H,30,32);1H/t20?,22-,24-,25-;/m0./s1. The SMILES string of the molecule is CCCCNC(=O)C(C)C[C@H](O)[C@@H](N)C[C@H](Cc1ccc(C(C)(C)C)c(OCS(C)(=O)=O)c1)C(C)C.Cl. The Morgan fingerprint density at radius 1 is 1.16 bits per heavy atom. The number of aliphatic hydroxyl groups is 1. The van der Waals surface area contributed by atoms with Crippen molar-refractivity contribution in [3.63, 3.8) is 0 Å². The number of sulfone groups is 1. The van der Waals surface area contributed by atoms with Crippen LogP contribution in [-0.2, 0) is 26.5 Å². The minimum atomic E-state index is -3.28. The van der Waals surface area contributed by atoms with Crippen molar-refractivity contribution >= 4 is 28.2 Å². The summed E-state index contributed by atoms with van der Waals surface area (Å²) in [6.07, 6.45) is 4.01. The molecule has 0 aliphatic rings. The highest BCUT2D eigenvalue weighted by Gasteiger charge is 2.27. The summed E-state index contributed by atoms with van der Waals surface area (Å²) < 4.78 is 29.1. The van der Waals surface area contributed by atoms with Gasteiger partial charge in [-0.15, -0.1) is 12.4 Å². The van der Waals surface area contributed by atoms with Crippen LogP contribution in [0.4, 0.5) is 0 Å². The molecule has 0 aliphatic carbocycles. The lowest BCUT2D eigenvalue weighted by Gasteiger charge is -2.29. The molecule has 1 rings (SSSR count). The number of unbranched alkanes of at least 4 members (excludes halogenated alkanes) is 1. The van der Waals surface area contributed by atoms with Crippen LogP contribution in [-0.4, -0.2) is 50.3 Å². The Labute approximate surface area is 231 Å². The molecule has 0 radical (unpaired) electrons. The first-order valence-corrected chi connectivity index (χ1v) is 15.3. The Morgan fingerprint density at radius 3 is 2.30 bits per heavy atom. The van der Waals surface area contributed by atoms with Gasteiger partial charge in [0.25, 0.3) is 0 Å². The van der Waals surface area contributed by atoms with E-state index in [4.69, 9.17) is 10.5 Å². The summed E-state index contributed by atoms with van der Waals surface area (Å²) in [5.74, 6) is 0.386. The highest BCUT2D eigenvalue weighted by atomic mass is 35.5. The van der Waals surface area contributed by atoms with E-state index >= 15 is 0 Å². The number of carbonyl (C=O) groups excluding carboxylic acids is 1. The minimum absolute atomic E-state index is 0. The second-order valence-electron chi connectivity index (χ2n) is 11.7. The van der Waals surface area contributed by atoms with Crippen molar-refractivity contribution in [2.75, 3.05) is 18.7 Å². The van der Waals surface area contributed by atoms with Gasteiger partial charge in [0.1, 0.15) is 5.75 Å². The van der Waals surface area contributed by atoms with Gasteiger partial charge in [-0.1, -0.05) is 67.0 Å². The maximum absolute atomic E-state index is 12.3. The largest absolute Gasteiger partial charge is 0.477 e. The van der Waals surface area contributed by atoms with Crippen LogP contribution in [0.15, 0.2) is 18.2 Å². The van der Waals surface area contributed by atoms with E-state index < -0.39 is 22.0 Å². The average Bonchev–Trinajstić information content (AvgIpc) is 2.75. The van der Waals surface area contributed by atoms with E-state index in [2.05, 4.69) is 52.9 Å². The molecule has 216 valence electrons. The first kappa shape index (κ1) is 35.6. The molecule has 1 amide bonds. The lowest BCUT2D eigenvalue weighted by Crippen LogP contribution is -2.41. The number of carbonyl (C=O) groups is 1. The van der Waals surface area contributed by atoms with E-state index in [-0.39, 0.29) is 41.5 Å². The number of ether oxygens (including phenoxy) is 1. The zero-order valence-electron chi connectivity index (χ0n) is 24.0. The molecule has 4 N–H and O–H groups in total. The van der Waals surface area contributed by atoms with E-state index in [0.29, 0.717) is 31.1 Å². The number of rotatable bonds is 15. The van der Waals surface area contributed by atoms with E-state index in [1.54, 1.807) is 0 Å². The van der Waals surface area contributed by atoms with Gasteiger partial charge in [-0.3, -0.25) is 4.79 Å². The molecule has 0 spiro atoms. The average molecular weight is 563 g/mol. The summed E-state index contributed by atoms with van der Waals surface area (Å²) in [5, 5.41) is 13.7. The topological polar surface area (TPSA) is 119 Å². The van der Waals surface area contributed by atoms with Gasteiger partial charge in [-0.25, -0.2) is 8.42 Å². The number of aliphatic hydroxyl groups excluding tert-OH is 1. The van der Waals surface area contributed by atoms with Crippen LogP contribution in [0.2, 0.25) is 0 Å². The van der Waals surface area contributed by atoms with Crippen LogP contribution in [0.1, 0.15) is 85.3 Å². The number of nitrogens with two attached hydrogens (primary N) is 1. The van der Waals surface area contributed by atoms with Gasteiger partial charge >= 0.3 is 0 Å². The first-order chi connectivity index (χ1) is 16.5. The lowest BCUT2D eigenvalue weighted by atomic mass is 9.81. The highest BCUT2D eigenvalue weighted by molar-refractivity contribution is 7.90. The fourth-order valence-electron chi connectivity index (χ4n) is 4.21. The van der Waals surface area contributed by atoms with Crippen LogP contribution in [0.3, 0.4) is 0 Å². The third kappa shape index (κ3) is 13.3. The zero-order chi connectivity index (χ0) is 27.7. The number of hydrogen-bond acceptors (Lipinski definition) is 6. The zero-order valence-corrected chi connectivity index (χ0v) is 25.7. The molecule has 0 bridgehead atoms. The monoisotopic (exact) mass is 562 g/mol. The number of nitrogens with one attached hydrogen (secondary N) is 1. The van der Waals surface area contributed by atoms with Gasteiger partial charge < -0.3 is 20.9 Å². The summed E-state index contributed by atoms with van der Waals surface area (Å²) >= 11 is 0. The van der Waals surface area contributed by atoms with Crippen molar-refractivity contribution in [2.45, 2.75) is 98.1 Å². The predicted molar refractivity (Wildman–Crippen MR) is 155 cm³/mol. The molecule has 0 aromatic heterocycles. The molecule has 1 aromatic rings. The van der Waals surface area contributed by atoms with E-state index in [9.17, 15) is 18.3 Å². The molecule has 0 saturated carbocycles. The van der Waals surface area contributed by atoms with Crippen molar-refractivity contribution < 1.29 is 23.1 Å². The maximum atomic E-state index is 12.3. The molecule has 0 saturated heterocycles. The minimum Gasteiger partial charge on any atom is -0.477 e. The molecule has 0 aliphatic heterocycles. The van der Waals surface area contributed by atoms with Crippen molar-refractivity contribution in [2.24, 2.45) is 23.5 Å². The quantitative estimate of drug-likeness (QED) is 0.268. The van der Waals surface area contributed by atoms with Crippen LogP contribution in [0.25, 0.3) is 0 Å². The summed E-state index contributed by atoms with van der Waals surface area (Å²) in [5.41, 5.74) is 8.20. The van der Waals surface area contributed by atoms with Crippen LogP contribution in [0, 0.1) is 17.8 Å². The Bertz CT molecular complexity index is 931. The Morgan fingerprint density at radius 2 is 1.78 bits per heavy atom. The molecule has 1 unspecified atom stereocenters. The Balaban J connectivity index is 0.0000130. The van der Waals surface area contributed by atoms with Crippen molar-refractivity contribution in [1.29, 1.82) is 0 Å². The van der Waals surface area contributed by atoms with Crippen LogP contribution >= 0.6 is 12.4 Å². The third-order valence-electron chi connectivity index (χ3n) is 6.66. The number of benzene rings is 1. The summed E-state index contributed by atoms with van der Waals surface area (Å²) in [7, 11) is -3.28. The van der Waals surface area contributed by atoms with Gasteiger partial charge in [0.2, 0.25) is 5.91 Å². The molecule has 37 heavy (non-hydrogen) atoms. The van der Waals surface area contributed by atoms with E-state index in [1.165, 1.54) is 0 Å². The molecule has 9 heteroatoms. The molecule has 7 nitrogen and oxygen atoms in total. The summed E-state index contributed by atoms with van der Waals surface area (Å²) in [4.78, 5) is 12.3. The second kappa shape index (κ2) is 15.9. The number of amides is 1. The highest BCUT2D eigenvalue weighted by Crippen LogP contribution is 2.34. The number of hydrogen-bond donors (Lipinski definition) is 3. The van der Waals surface area contributed by atoms with Crippen LogP contribution < -0.4 is 15.8 Å². The first-order valence-electron chi connectivity index (χ1n) is 13.2. The predicted octanol–water partition coefficient (Wildman–Crippen LogP) is 4.62. The maximum Gasteiger partial charge on any atom is 0.222 e. The normalized spacial score (nSPS) is 15.4. The third-order valence-corrected chi connectivity index (χ3v) is 7.21. The Kier molecular flexibility index (Phi) is 15.3. The van der Waals surface area contributed by atoms with Gasteiger partial charge in [0.15, 0.2) is 15.8 Å². The van der Waals surface area contributed by atoms with Crippen molar-refractivity contribution in [3.05, 3.63) is 29.3 Å². The Hall–Kier alpha value is -1.35. The van der Waals surface area contributed by atoms with Gasteiger partial charge in [0, 0.05) is 24.8 Å². The molecule has 0 fully saturated rings. The molecular weight excluding hydrogens is 512 g/mol. The second-order valence-corrected chi connectivity index (χ2v) is 13.8. The summed E-state index contributed by atoms with van der Waals surface area (Å²) in [6, 6.07) is 5.57. The van der Waals surface area contributed by atoms with Gasteiger partial charge in [-0.05, 0) is 60.1 Å². The number of halogens is 1. The van der Waals surface area contributed by atoms with E-state index in [0.717, 1.165) is 36.6 Å². The molecule has 1 aromatic carbocycles. The fraction of sp³-hybridized carbons (Fsp3) is 0.750.